The van der Waals surface area contributed by atoms with E-state index in [9.17, 15) is 9.59 Å². The molecule has 6 heteroatoms. The summed E-state index contributed by atoms with van der Waals surface area (Å²) in [5.74, 6) is -0.0285. The summed E-state index contributed by atoms with van der Waals surface area (Å²) < 4.78 is 4.93. The first kappa shape index (κ1) is 17.2. The minimum absolute atomic E-state index is 0.0760. The topological polar surface area (TPSA) is 65.8 Å². The van der Waals surface area contributed by atoms with Gasteiger partial charge in [0.1, 0.15) is 6.26 Å². The lowest BCUT2D eigenvalue weighted by Gasteiger charge is -2.32. The van der Waals surface area contributed by atoms with Crippen molar-refractivity contribution in [2.24, 2.45) is 0 Å². The van der Waals surface area contributed by atoms with Crippen LogP contribution in [0.2, 0.25) is 0 Å². The molecule has 1 saturated heterocycles. The van der Waals surface area contributed by atoms with Crippen molar-refractivity contribution < 1.29 is 14.0 Å². The van der Waals surface area contributed by atoms with Crippen molar-refractivity contribution in [1.29, 1.82) is 0 Å². The number of hydrogen-bond donors (Lipinski definition) is 1. The first-order valence-electron chi connectivity index (χ1n) is 8.50. The lowest BCUT2D eigenvalue weighted by molar-refractivity contribution is -0.119. The molecule has 2 heterocycles. The molecule has 0 aliphatic carbocycles. The van der Waals surface area contributed by atoms with E-state index in [0.717, 1.165) is 31.6 Å². The van der Waals surface area contributed by atoms with E-state index in [0.29, 0.717) is 12.1 Å². The maximum Gasteiger partial charge on any atom is 0.254 e. The quantitative estimate of drug-likeness (QED) is 0.905. The Morgan fingerprint density at radius 2 is 1.92 bits per heavy atom. The second kappa shape index (κ2) is 7.98. The summed E-state index contributed by atoms with van der Waals surface area (Å²) >= 11 is 0. The van der Waals surface area contributed by atoms with Gasteiger partial charge in [0, 0.05) is 31.9 Å². The van der Waals surface area contributed by atoms with Crippen molar-refractivity contribution in [3.05, 3.63) is 54.5 Å². The molecular weight excluding hydrogens is 318 g/mol. The summed E-state index contributed by atoms with van der Waals surface area (Å²) in [6.07, 6.45) is 4.62. The second-order valence-corrected chi connectivity index (χ2v) is 6.32. The summed E-state index contributed by atoms with van der Waals surface area (Å²) in [6.45, 7) is 1.99. The van der Waals surface area contributed by atoms with Gasteiger partial charge in [-0.05, 0) is 31.0 Å². The van der Waals surface area contributed by atoms with E-state index in [4.69, 9.17) is 4.42 Å². The number of amides is 2. The Bertz CT molecular complexity index is 692. The molecule has 1 aromatic heterocycles. The Labute approximate surface area is 147 Å². The predicted molar refractivity (Wildman–Crippen MR) is 95.5 cm³/mol. The first-order valence-corrected chi connectivity index (χ1v) is 8.50. The van der Waals surface area contributed by atoms with Crippen LogP contribution in [-0.4, -0.2) is 49.4 Å². The number of para-hydroxylation sites is 1. The molecule has 1 N–H and O–H groups in total. The first-order chi connectivity index (χ1) is 12.1. The number of benzene rings is 1. The van der Waals surface area contributed by atoms with Crippen molar-refractivity contribution in [3.63, 3.8) is 0 Å². The number of likely N-dealkylation sites (tertiary alicyclic amines) is 1. The van der Waals surface area contributed by atoms with Crippen molar-refractivity contribution >= 4 is 17.5 Å². The fraction of sp³-hybridized carbons (Fsp3) is 0.368. The number of nitrogens with one attached hydrogen (secondary N) is 1. The Hall–Kier alpha value is -2.60. The predicted octanol–water partition coefficient (Wildman–Crippen LogP) is 2.14. The average Bonchev–Trinajstić information content (AvgIpc) is 3.18. The fourth-order valence-corrected chi connectivity index (χ4v) is 2.99. The third-order valence-electron chi connectivity index (χ3n) is 4.58. The van der Waals surface area contributed by atoms with E-state index in [-0.39, 0.29) is 17.9 Å². The molecule has 0 radical (unpaired) electrons. The molecule has 1 fully saturated rings. The maximum atomic E-state index is 12.4. The molecule has 25 heavy (non-hydrogen) atoms. The van der Waals surface area contributed by atoms with Crippen molar-refractivity contribution in [1.82, 2.24) is 10.2 Å². The maximum absolute atomic E-state index is 12.4. The van der Waals surface area contributed by atoms with Gasteiger partial charge in [0.2, 0.25) is 5.91 Å². The van der Waals surface area contributed by atoms with E-state index in [1.54, 1.807) is 18.0 Å². The molecule has 3 rings (SSSR count). The van der Waals surface area contributed by atoms with Crippen LogP contribution in [0.3, 0.4) is 0 Å². The Kier molecular flexibility index (Phi) is 5.50. The third kappa shape index (κ3) is 4.48. The minimum atomic E-state index is -0.105. The largest absolute Gasteiger partial charge is 0.472 e. The highest BCUT2D eigenvalue weighted by atomic mass is 16.3. The smallest absolute Gasteiger partial charge is 0.254 e. The van der Waals surface area contributed by atoms with Crippen LogP contribution in [0, 0.1) is 0 Å². The zero-order chi connectivity index (χ0) is 17.6. The normalized spacial score (nSPS) is 15.7. The Balaban J connectivity index is 1.44. The van der Waals surface area contributed by atoms with E-state index in [2.05, 4.69) is 10.2 Å². The molecule has 1 aliphatic heterocycles. The molecule has 2 aromatic rings. The molecule has 1 aromatic carbocycles. The van der Waals surface area contributed by atoms with E-state index < -0.39 is 0 Å². The van der Waals surface area contributed by atoms with Gasteiger partial charge in [0.05, 0.1) is 18.4 Å². The van der Waals surface area contributed by atoms with Crippen LogP contribution in [0.25, 0.3) is 0 Å². The lowest BCUT2D eigenvalue weighted by atomic mass is 10.0. The van der Waals surface area contributed by atoms with Gasteiger partial charge in [-0.15, -0.1) is 0 Å². The summed E-state index contributed by atoms with van der Waals surface area (Å²) in [5.41, 5.74) is 1.44. The number of furan rings is 1. The van der Waals surface area contributed by atoms with Crippen LogP contribution in [0.5, 0.6) is 0 Å². The van der Waals surface area contributed by atoms with Gasteiger partial charge in [0.25, 0.3) is 5.91 Å². The highest BCUT2D eigenvalue weighted by Gasteiger charge is 2.23. The zero-order valence-corrected chi connectivity index (χ0v) is 14.4. The number of likely N-dealkylation sites (N-methyl/N-ethyl adjacent to an activating group) is 1. The molecular formula is C19H23N3O3. The monoisotopic (exact) mass is 341 g/mol. The summed E-state index contributed by atoms with van der Waals surface area (Å²) in [6, 6.07) is 11.4. The highest BCUT2D eigenvalue weighted by molar-refractivity contribution is 5.94. The number of hydrogen-bond acceptors (Lipinski definition) is 4. The van der Waals surface area contributed by atoms with Crippen LogP contribution in [-0.2, 0) is 4.79 Å². The molecule has 0 spiro atoms. The van der Waals surface area contributed by atoms with Gasteiger partial charge in [-0.3, -0.25) is 14.5 Å². The zero-order valence-electron chi connectivity index (χ0n) is 14.4. The van der Waals surface area contributed by atoms with Crippen molar-refractivity contribution in [2.45, 2.75) is 18.9 Å². The molecule has 6 nitrogen and oxygen atoms in total. The van der Waals surface area contributed by atoms with Gasteiger partial charge >= 0.3 is 0 Å². The van der Waals surface area contributed by atoms with E-state index in [1.807, 2.05) is 30.3 Å². The average molecular weight is 341 g/mol. The molecule has 0 saturated carbocycles. The summed E-state index contributed by atoms with van der Waals surface area (Å²) in [4.78, 5) is 28.3. The van der Waals surface area contributed by atoms with Gasteiger partial charge < -0.3 is 14.6 Å². The van der Waals surface area contributed by atoms with Gasteiger partial charge in [0.15, 0.2) is 0 Å². The molecule has 0 unspecified atom stereocenters. The van der Waals surface area contributed by atoms with Crippen LogP contribution >= 0.6 is 0 Å². The number of nitrogens with zero attached hydrogens (tertiary/aromatic N) is 2. The van der Waals surface area contributed by atoms with Crippen LogP contribution in [0.4, 0.5) is 5.69 Å². The molecule has 132 valence electrons. The summed E-state index contributed by atoms with van der Waals surface area (Å²) in [5, 5.41) is 3.02. The Morgan fingerprint density at radius 3 is 2.56 bits per heavy atom. The van der Waals surface area contributed by atoms with Crippen molar-refractivity contribution in [3.8, 4) is 0 Å². The number of anilines is 1. The standard InChI is InChI=1S/C19H23N3O3/c1-21(17-5-3-2-4-6-17)18(23)13-22-10-7-16(8-11-22)20-19(24)15-9-12-25-14-15/h2-6,9,12,14,16H,7-8,10-11,13H2,1H3,(H,20,24). The van der Waals surface area contributed by atoms with E-state index >= 15 is 0 Å². The van der Waals surface area contributed by atoms with Gasteiger partial charge in [-0.2, -0.15) is 0 Å². The summed E-state index contributed by atoms with van der Waals surface area (Å²) in [7, 11) is 1.80. The van der Waals surface area contributed by atoms with Gasteiger partial charge in [-0.25, -0.2) is 0 Å². The highest BCUT2D eigenvalue weighted by Crippen LogP contribution is 2.14. The lowest BCUT2D eigenvalue weighted by Crippen LogP contribution is -2.47. The van der Waals surface area contributed by atoms with Crippen molar-refractivity contribution in [2.75, 3.05) is 31.6 Å². The molecule has 1 aliphatic rings. The van der Waals surface area contributed by atoms with Crippen LogP contribution in [0.1, 0.15) is 23.2 Å². The second-order valence-electron chi connectivity index (χ2n) is 6.32. The SMILES string of the molecule is CN(C(=O)CN1CCC(NC(=O)c2ccoc2)CC1)c1ccccc1. The number of carbonyl (C=O) groups excluding carboxylic acids is 2. The van der Waals surface area contributed by atoms with Crippen LogP contribution in [0.15, 0.2) is 53.3 Å². The fourth-order valence-electron chi connectivity index (χ4n) is 2.99. The Morgan fingerprint density at radius 1 is 1.20 bits per heavy atom. The number of rotatable bonds is 5. The molecule has 0 bridgehead atoms. The third-order valence-corrected chi connectivity index (χ3v) is 4.58. The van der Waals surface area contributed by atoms with E-state index in [1.165, 1.54) is 12.5 Å². The molecule has 0 atom stereocenters. The van der Waals surface area contributed by atoms with Gasteiger partial charge in [-0.1, -0.05) is 18.2 Å². The number of piperidine rings is 1. The van der Waals surface area contributed by atoms with Crippen LogP contribution < -0.4 is 10.2 Å². The minimum Gasteiger partial charge on any atom is -0.472 e. The number of carbonyl (C=O) groups is 2. The molecule has 2 amide bonds.